The minimum Gasteiger partial charge on any atom is -0.195 e. The molecule has 0 saturated heterocycles. The van der Waals surface area contributed by atoms with Crippen LogP contribution in [0.5, 0.6) is 0 Å². The summed E-state index contributed by atoms with van der Waals surface area (Å²) in [7, 11) is 0. The van der Waals surface area contributed by atoms with E-state index < -0.39 is 0 Å². The van der Waals surface area contributed by atoms with Gasteiger partial charge in [0.2, 0.25) is 22.8 Å². The molecule has 0 amide bonds. The lowest BCUT2D eigenvalue weighted by atomic mass is 9.86. The highest BCUT2D eigenvalue weighted by molar-refractivity contribution is 5.94. The Morgan fingerprint density at radius 2 is 0.543 bits per heavy atom. The van der Waals surface area contributed by atoms with E-state index >= 15 is 0 Å². The summed E-state index contributed by atoms with van der Waals surface area (Å²) in [4.78, 5) is 0. The molecule has 0 N–H and O–H groups in total. The van der Waals surface area contributed by atoms with Crippen molar-refractivity contribution < 1.29 is 13.7 Å². The van der Waals surface area contributed by atoms with E-state index in [2.05, 4.69) is 352 Å². The normalized spacial score (nSPS) is 11.2. The number of hydrogen-bond acceptors (Lipinski definition) is 0. The largest absolute Gasteiger partial charge is 0.255 e. The van der Waals surface area contributed by atoms with Crippen molar-refractivity contribution in [3.8, 4) is 112 Å². The molecule has 3 aromatic heterocycles. The first-order valence-electron chi connectivity index (χ1n) is 27.6. The summed E-state index contributed by atoms with van der Waals surface area (Å²) >= 11 is 0. The molecule has 0 aliphatic heterocycles. The summed E-state index contributed by atoms with van der Waals surface area (Å²) in [5.41, 5.74) is 24.9. The van der Waals surface area contributed by atoms with Crippen molar-refractivity contribution in [2.75, 3.05) is 0 Å². The number of hydrogen-bond donors (Lipinski definition) is 0. The lowest BCUT2D eigenvalue weighted by Crippen LogP contribution is -2.33. The van der Waals surface area contributed by atoms with Crippen LogP contribution in [0.15, 0.2) is 334 Å². The lowest BCUT2D eigenvalue weighted by Gasteiger charge is -2.18. The van der Waals surface area contributed by atoms with Gasteiger partial charge in [-0.2, -0.15) is 18.3 Å². The fourth-order valence-corrected chi connectivity index (χ4v) is 11.6. The van der Waals surface area contributed by atoms with Gasteiger partial charge in [-0.25, -0.2) is 0 Å². The van der Waals surface area contributed by atoms with Gasteiger partial charge in [0.05, 0.1) is 0 Å². The van der Waals surface area contributed by atoms with Gasteiger partial charge >= 0.3 is 0 Å². The predicted molar refractivity (Wildman–Crippen MR) is 331 cm³/mol. The molecule has 0 aliphatic carbocycles. The molecule has 0 atom stereocenters. The highest BCUT2D eigenvalue weighted by Crippen LogP contribution is 2.43. The lowest BCUT2D eigenvalue weighted by molar-refractivity contribution is -0.583. The summed E-state index contributed by atoms with van der Waals surface area (Å²) < 4.78 is 9.20. The van der Waals surface area contributed by atoms with Gasteiger partial charge in [0.25, 0.3) is 6.33 Å². The first-order valence-corrected chi connectivity index (χ1v) is 27.6. The average Bonchev–Trinajstić information content (AvgIpc) is 3.98. The average molecular weight is 1040 g/mol. The van der Waals surface area contributed by atoms with Crippen LogP contribution in [0, 0.1) is 0 Å². The van der Waals surface area contributed by atoms with E-state index in [1.54, 1.807) is 0 Å². The molecule has 11 aromatic carbocycles. The maximum Gasteiger partial charge on any atom is 0.255 e. The van der Waals surface area contributed by atoms with E-state index in [9.17, 15) is 0 Å². The van der Waals surface area contributed by atoms with Gasteiger partial charge in [-0.15, -0.1) is 0 Å². The number of benzene rings is 11. The molecule has 0 saturated carbocycles. The van der Waals surface area contributed by atoms with Gasteiger partial charge < -0.3 is 0 Å². The third-order valence-corrected chi connectivity index (χ3v) is 15.5. The van der Waals surface area contributed by atoms with Crippen LogP contribution in [-0.2, 0) is 0 Å². The summed E-state index contributed by atoms with van der Waals surface area (Å²) in [6.45, 7) is 0. The second kappa shape index (κ2) is 21.5. The van der Waals surface area contributed by atoms with Crippen molar-refractivity contribution in [2.24, 2.45) is 0 Å². The Bertz CT molecular complexity index is 4350. The molecule has 0 spiro atoms. The summed E-state index contributed by atoms with van der Waals surface area (Å²) in [5, 5.41) is 0. The quantitative estimate of drug-likeness (QED) is 0.108. The topological polar surface area (TPSA) is 16.6 Å². The summed E-state index contributed by atoms with van der Waals surface area (Å²) in [6.07, 6.45) is 6.80. The van der Waals surface area contributed by atoms with Crippen LogP contribution in [0.1, 0.15) is 0 Å². The monoisotopic (exact) mass is 1040 g/mol. The van der Waals surface area contributed by atoms with Crippen molar-refractivity contribution in [3.05, 3.63) is 334 Å². The van der Waals surface area contributed by atoms with Crippen LogP contribution < -0.4 is 13.7 Å². The molecule has 380 valence electrons. The van der Waals surface area contributed by atoms with Crippen LogP contribution in [0.25, 0.3) is 123 Å². The highest BCUT2D eigenvalue weighted by Gasteiger charge is 2.24. The third kappa shape index (κ3) is 9.51. The fourth-order valence-electron chi connectivity index (χ4n) is 11.6. The molecular weight excluding hydrogens is 981 g/mol. The Morgan fingerprint density at radius 3 is 0.963 bits per heavy atom. The maximum atomic E-state index is 2.40. The molecule has 0 aliphatic rings. The minimum absolute atomic E-state index is 1.09. The smallest absolute Gasteiger partial charge is 0.195 e. The molecule has 4 nitrogen and oxygen atoms in total. The van der Waals surface area contributed by atoms with Crippen LogP contribution in [0.4, 0.5) is 0 Å². The first kappa shape index (κ1) is 48.6. The SMILES string of the molecule is c1ccc(-c2ccc(-c3ccccc3-c3cc(-c4ccccc4-c4ccc(-n5c[n+](-c6ccccc6)c6ccccc65)cc4)cc(-c4ccccc4-c4ccc(-c5ccccc5)[n+](-c5ccccc5)c4)c3)c[n+]2-c2ccccc2)cc1. The molecule has 0 fully saturated rings. The van der Waals surface area contributed by atoms with Gasteiger partial charge in [0, 0.05) is 58.7 Å². The first-order chi connectivity index (χ1) is 40.2. The Morgan fingerprint density at radius 1 is 0.222 bits per heavy atom. The zero-order chi connectivity index (χ0) is 53.9. The Labute approximate surface area is 473 Å². The standard InChI is InChI=1S/C77H55N4/c1-6-24-57(25-7-1)74-48-44-59(53-78(74)64-28-10-3-11-29-64)69-35-17-20-38-72(69)62-50-61(51-63(52-62)73-39-21-18-36-70(73)60-45-49-75(58-26-8-2-9-27-58)79(54-60)65-30-12-4-13-31-65)71-37-19-16-34-68(71)56-42-46-67(47-43-56)81-55-80(66-32-14-5-15-33-66)76-40-22-23-41-77(76)81/h1-55H/q+3. The molecule has 4 heteroatoms. The second-order valence-corrected chi connectivity index (χ2v) is 20.4. The number of imidazole rings is 1. The molecule has 3 heterocycles. The highest BCUT2D eigenvalue weighted by atomic mass is 15.1. The number of aromatic nitrogens is 4. The summed E-state index contributed by atoms with van der Waals surface area (Å²) in [5.74, 6) is 0. The third-order valence-electron chi connectivity index (χ3n) is 15.5. The Balaban J connectivity index is 0.936. The van der Waals surface area contributed by atoms with Gasteiger partial charge in [-0.05, 0) is 147 Å². The predicted octanol–water partition coefficient (Wildman–Crippen LogP) is 17.8. The van der Waals surface area contributed by atoms with Crippen molar-refractivity contribution >= 4 is 11.0 Å². The zero-order valence-corrected chi connectivity index (χ0v) is 44.5. The number of fused-ring (bicyclic) bond motifs is 1. The minimum atomic E-state index is 1.09. The Hall–Kier alpha value is -10.8. The molecule has 14 aromatic rings. The van der Waals surface area contributed by atoms with Crippen molar-refractivity contribution in [1.29, 1.82) is 0 Å². The van der Waals surface area contributed by atoms with Gasteiger partial charge in [0.15, 0.2) is 23.4 Å². The Kier molecular flexibility index (Phi) is 12.9. The van der Waals surface area contributed by atoms with Crippen LogP contribution in [-0.4, -0.2) is 4.57 Å². The molecule has 0 bridgehead atoms. The zero-order valence-electron chi connectivity index (χ0n) is 44.5. The van der Waals surface area contributed by atoms with Crippen molar-refractivity contribution in [2.45, 2.75) is 0 Å². The molecule has 0 unspecified atom stereocenters. The molecule has 0 radical (unpaired) electrons. The van der Waals surface area contributed by atoms with Gasteiger partial charge in [-0.1, -0.05) is 188 Å². The molecular formula is C77H55N4+3. The number of nitrogens with zero attached hydrogens (tertiary/aromatic N) is 4. The van der Waals surface area contributed by atoms with E-state index in [0.717, 1.165) is 123 Å². The van der Waals surface area contributed by atoms with Gasteiger partial charge in [0.1, 0.15) is 11.4 Å². The number of pyridine rings is 2. The van der Waals surface area contributed by atoms with E-state index in [1.807, 2.05) is 0 Å². The number of para-hydroxylation sites is 5. The molecule has 81 heavy (non-hydrogen) atoms. The summed E-state index contributed by atoms with van der Waals surface area (Å²) in [6, 6.07) is 114. The van der Waals surface area contributed by atoms with E-state index in [0.29, 0.717) is 0 Å². The molecule has 14 rings (SSSR count). The second-order valence-electron chi connectivity index (χ2n) is 20.4. The van der Waals surface area contributed by atoms with Crippen LogP contribution in [0.3, 0.4) is 0 Å². The number of rotatable bonds is 12. The van der Waals surface area contributed by atoms with Crippen LogP contribution >= 0.6 is 0 Å². The van der Waals surface area contributed by atoms with Gasteiger partial charge in [-0.3, -0.25) is 0 Å². The fraction of sp³-hybridized carbons (Fsp3) is 0. The van der Waals surface area contributed by atoms with E-state index in [-0.39, 0.29) is 0 Å². The van der Waals surface area contributed by atoms with Crippen molar-refractivity contribution in [3.63, 3.8) is 0 Å². The maximum absolute atomic E-state index is 2.40. The van der Waals surface area contributed by atoms with E-state index in [1.165, 1.54) is 0 Å². The van der Waals surface area contributed by atoms with Crippen LogP contribution in [0.2, 0.25) is 0 Å². The van der Waals surface area contributed by atoms with E-state index in [4.69, 9.17) is 0 Å². The van der Waals surface area contributed by atoms with Crippen molar-refractivity contribution in [1.82, 2.24) is 4.57 Å².